The van der Waals surface area contributed by atoms with E-state index in [2.05, 4.69) is 60.0 Å². The molecule has 2 aromatic rings. The summed E-state index contributed by atoms with van der Waals surface area (Å²) in [5, 5.41) is 9.19. The lowest BCUT2D eigenvalue weighted by Gasteiger charge is -2.38. The van der Waals surface area contributed by atoms with Crippen molar-refractivity contribution in [3.63, 3.8) is 0 Å². The smallest absolute Gasteiger partial charge is 0.247 e. The summed E-state index contributed by atoms with van der Waals surface area (Å²) in [5.74, 6) is -0.303. The zero-order chi connectivity index (χ0) is 19.7. The molecule has 0 spiro atoms. The Balaban J connectivity index is 1.54. The number of piperazine rings is 1. The first-order chi connectivity index (χ1) is 13.6. The predicted molar refractivity (Wildman–Crippen MR) is 111 cm³/mol. The Labute approximate surface area is 166 Å². The highest BCUT2D eigenvalue weighted by molar-refractivity contribution is 5.84. The van der Waals surface area contributed by atoms with Gasteiger partial charge >= 0.3 is 0 Å². The molecule has 0 bridgehead atoms. The highest BCUT2D eigenvalue weighted by Crippen LogP contribution is 2.60. The molecule has 2 aliphatic rings. The second-order valence-corrected chi connectivity index (χ2v) is 8.18. The summed E-state index contributed by atoms with van der Waals surface area (Å²) in [6.45, 7) is 8.70. The van der Waals surface area contributed by atoms with Crippen molar-refractivity contribution in [1.82, 2.24) is 10.4 Å². The average molecular weight is 380 g/mol. The molecule has 1 heterocycles. The van der Waals surface area contributed by atoms with Crippen LogP contribution in [0, 0.1) is 5.92 Å². The second kappa shape index (κ2) is 7.94. The molecule has 1 saturated heterocycles. The first kappa shape index (κ1) is 19.0. The zero-order valence-corrected chi connectivity index (χ0v) is 16.6. The third kappa shape index (κ3) is 3.64. The monoisotopic (exact) mass is 379 g/mol. The number of carbonyl (C=O) groups excluding carboxylic acids is 1. The topological polar surface area (TPSA) is 55.8 Å². The molecule has 2 aromatic carbocycles. The average Bonchev–Trinajstić information content (AvgIpc) is 3.50. The first-order valence-corrected chi connectivity index (χ1v) is 10.2. The molecule has 5 nitrogen and oxygen atoms in total. The van der Waals surface area contributed by atoms with Crippen LogP contribution in [0.5, 0.6) is 0 Å². The van der Waals surface area contributed by atoms with Gasteiger partial charge in [0.15, 0.2) is 0 Å². The summed E-state index contributed by atoms with van der Waals surface area (Å²) in [5.41, 5.74) is 5.41. The molecule has 2 N–H and O–H groups in total. The standard InChI is InChI=1S/C23H29N3O2/c1-16(2)25-11-13-26(14-12-25)19-10-6-9-18(15-19)21-20(22(21)23(27)24-28)17-7-4-3-5-8-17/h3-10,15-16,20-22,28H,11-14H2,1-2H3,(H,24,27)/t20-,21-,22-/m1/s1. The van der Waals surface area contributed by atoms with Crippen LogP contribution in [0.2, 0.25) is 0 Å². The van der Waals surface area contributed by atoms with E-state index in [0.29, 0.717) is 6.04 Å². The van der Waals surface area contributed by atoms with Crippen molar-refractivity contribution in [2.75, 3.05) is 31.1 Å². The molecule has 1 saturated carbocycles. The Morgan fingerprint density at radius 1 is 0.964 bits per heavy atom. The Morgan fingerprint density at radius 3 is 2.25 bits per heavy atom. The normalized spacial score (nSPS) is 25.0. The van der Waals surface area contributed by atoms with E-state index in [0.717, 1.165) is 31.7 Å². The number of amides is 1. The maximum Gasteiger partial charge on any atom is 0.247 e. The van der Waals surface area contributed by atoms with E-state index in [1.165, 1.54) is 11.3 Å². The molecule has 1 aliphatic heterocycles. The number of anilines is 1. The fourth-order valence-corrected chi connectivity index (χ4v) is 4.64. The fraction of sp³-hybridized carbons (Fsp3) is 0.435. The summed E-state index contributed by atoms with van der Waals surface area (Å²) in [7, 11) is 0. The van der Waals surface area contributed by atoms with E-state index >= 15 is 0 Å². The van der Waals surface area contributed by atoms with E-state index in [-0.39, 0.29) is 23.7 Å². The number of nitrogens with zero attached hydrogens (tertiary/aromatic N) is 2. The first-order valence-electron chi connectivity index (χ1n) is 10.2. The fourth-order valence-electron chi connectivity index (χ4n) is 4.64. The minimum Gasteiger partial charge on any atom is -0.369 e. The summed E-state index contributed by atoms with van der Waals surface area (Å²) in [4.78, 5) is 17.2. The lowest BCUT2D eigenvalue weighted by molar-refractivity contribution is -0.130. The SMILES string of the molecule is CC(C)N1CCN(c2cccc([C@H]3[C@H](C(=O)NO)[C@@H]3c3ccccc3)c2)CC1. The predicted octanol–water partition coefficient (Wildman–Crippen LogP) is 3.22. The van der Waals surface area contributed by atoms with E-state index in [1.54, 1.807) is 0 Å². The van der Waals surface area contributed by atoms with E-state index in [1.807, 2.05) is 23.7 Å². The van der Waals surface area contributed by atoms with E-state index in [4.69, 9.17) is 0 Å². The van der Waals surface area contributed by atoms with Crippen molar-refractivity contribution in [2.24, 2.45) is 5.92 Å². The summed E-state index contributed by atoms with van der Waals surface area (Å²) < 4.78 is 0. The number of hydrogen-bond acceptors (Lipinski definition) is 4. The number of hydroxylamine groups is 1. The molecule has 0 aromatic heterocycles. The number of nitrogens with one attached hydrogen (secondary N) is 1. The second-order valence-electron chi connectivity index (χ2n) is 8.18. The maximum absolute atomic E-state index is 12.3. The highest BCUT2D eigenvalue weighted by atomic mass is 16.5. The third-order valence-electron chi connectivity index (χ3n) is 6.28. The van der Waals surface area contributed by atoms with Gasteiger partial charge in [0, 0.05) is 49.7 Å². The van der Waals surface area contributed by atoms with Gasteiger partial charge in [-0.3, -0.25) is 14.9 Å². The highest BCUT2D eigenvalue weighted by Gasteiger charge is 2.56. The quantitative estimate of drug-likeness (QED) is 0.619. The molecule has 3 atom stereocenters. The van der Waals surface area contributed by atoms with Gasteiger partial charge in [0.05, 0.1) is 5.92 Å². The molecule has 1 aliphatic carbocycles. The zero-order valence-electron chi connectivity index (χ0n) is 16.6. The van der Waals surface area contributed by atoms with Crippen LogP contribution in [0.3, 0.4) is 0 Å². The van der Waals surface area contributed by atoms with Crippen LogP contribution in [0.15, 0.2) is 54.6 Å². The van der Waals surface area contributed by atoms with Gasteiger partial charge in [-0.05, 0) is 37.1 Å². The van der Waals surface area contributed by atoms with Crippen LogP contribution in [0.25, 0.3) is 0 Å². The van der Waals surface area contributed by atoms with Crippen molar-refractivity contribution in [1.29, 1.82) is 0 Å². The number of hydrogen-bond donors (Lipinski definition) is 2. The largest absolute Gasteiger partial charge is 0.369 e. The molecule has 28 heavy (non-hydrogen) atoms. The number of rotatable bonds is 5. The van der Waals surface area contributed by atoms with Crippen molar-refractivity contribution < 1.29 is 10.0 Å². The Bertz CT molecular complexity index is 816. The summed E-state index contributed by atoms with van der Waals surface area (Å²) in [6, 6.07) is 19.3. The van der Waals surface area contributed by atoms with E-state index in [9.17, 15) is 10.0 Å². The van der Waals surface area contributed by atoms with Crippen LogP contribution < -0.4 is 10.4 Å². The molecule has 4 rings (SSSR count). The van der Waals surface area contributed by atoms with Gasteiger partial charge in [-0.1, -0.05) is 42.5 Å². The Morgan fingerprint density at radius 2 is 1.61 bits per heavy atom. The van der Waals surface area contributed by atoms with Crippen LogP contribution in [-0.4, -0.2) is 48.2 Å². The maximum atomic E-state index is 12.3. The Hall–Kier alpha value is -2.37. The van der Waals surface area contributed by atoms with Gasteiger partial charge in [-0.2, -0.15) is 0 Å². The van der Waals surface area contributed by atoms with Gasteiger partial charge in [-0.15, -0.1) is 0 Å². The van der Waals surface area contributed by atoms with Crippen LogP contribution in [0.1, 0.15) is 36.8 Å². The van der Waals surface area contributed by atoms with Crippen LogP contribution in [-0.2, 0) is 4.79 Å². The van der Waals surface area contributed by atoms with Crippen LogP contribution >= 0.6 is 0 Å². The Kier molecular flexibility index (Phi) is 5.38. The molecule has 2 fully saturated rings. The number of carbonyl (C=O) groups is 1. The van der Waals surface area contributed by atoms with Gasteiger partial charge in [-0.25, -0.2) is 5.48 Å². The van der Waals surface area contributed by atoms with Gasteiger partial charge in [0.2, 0.25) is 5.91 Å². The minimum absolute atomic E-state index is 0.103. The van der Waals surface area contributed by atoms with Crippen molar-refractivity contribution in [3.8, 4) is 0 Å². The third-order valence-corrected chi connectivity index (χ3v) is 6.28. The van der Waals surface area contributed by atoms with E-state index < -0.39 is 0 Å². The van der Waals surface area contributed by atoms with Gasteiger partial charge in [0.1, 0.15) is 0 Å². The van der Waals surface area contributed by atoms with Gasteiger partial charge < -0.3 is 4.90 Å². The lowest BCUT2D eigenvalue weighted by Crippen LogP contribution is -2.48. The van der Waals surface area contributed by atoms with Gasteiger partial charge in [0.25, 0.3) is 0 Å². The molecular weight excluding hydrogens is 350 g/mol. The molecule has 5 heteroatoms. The van der Waals surface area contributed by atoms with Crippen molar-refractivity contribution in [3.05, 3.63) is 65.7 Å². The van der Waals surface area contributed by atoms with Crippen molar-refractivity contribution >= 4 is 11.6 Å². The molecule has 1 amide bonds. The van der Waals surface area contributed by atoms with Crippen LogP contribution in [0.4, 0.5) is 5.69 Å². The molecular formula is C23H29N3O2. The lowest BCUT2D eigenvalue weighted by atomic mass is 10.0. The molecule has 0 unspecified atom stereocenters. The molecule has 148 valence electrons. The van der Waals surface area contributed by atoms with Crippen molar-refractivity contribution in [2.45, 2.75) is 31.7 Å². The number of benzene rings is 2. The summed E-state index contributed by atoms with van der Waals surface area (Å²) in [6.07, 6.45) is 0. The summed E-state index contributed by atoms with van der Waals surface area (Å²) >= 11 is 0. The molecule has 0 radical (unpaired) electrons. The minimum atomic E-state index is -0.296.